The minimum atomic E-state index is -0.718. The van der Waals surface area contributed by atoms with Crippen molar-refractivity contribution in [1.82, 2.24) is 0 Å². The zero-order valence-electron chi connectivity index (χ0n) is 20.9. The summed E-state index contributed by atoms with van der Waals surface area (Å²) in [6.07, 6.45) is 28.7. The van der Waals surface area contributed by atoms with Gasteiger partial charge in [-0.15, -0.1) is 0 Å². The number of carbonyl (C=O) groups is 1. The molecular weight excluding hydrogens is 368 g/mol. The Labute approximate surface area is 189 Å². The van der Waals surface area contributed by atoms with Gasteiger partial charge in [0.1, 0.15) is 0 Å². The molecule has 2 nitrogen and oxygen atoms in total. The van der Waals surface area contributed by atoms with E-state index in [4.69, 9.17) is 0 Å². The van der Waals surface area contributed by atoms with Crippen molar-refractivity contribution < 1.29 is 9.90 Å². The largest absolute Gasteiger partial charge is 0.478 e. The number of rotatable bonds is 23. The van der Waals surface area contributed by atoms with Gasteiger partial charge in [-0.25, -0.2) is 4.79 Å². The highest BCUT2D eigenvalue weighted by molar-refractivity contribution is 5.86. The van der Waals surface area contributed by atoms with Crippen LogP contribution in [0.4, 0.5) is 0 Å². The zero-order chi connectivity index (χ0) is 22.3. The Kier molecular flexibility index (Phi) is 22.3. The van der Waals surface area contributed by atoms with Gasteiger partial charge in [0, 0.05) is 5.57 Å². The van der Waals surface area contributed by atoms with Gasteiger partial charge in [-0.3, -0.25) is 0 Å². The third-order valence-corrected chi connectivity index (χ3v) is 6.52. The summed E-state index contributed by atoms with van der Waals surface area (Å²) in [6, 6.07) is 0. The summed E-state index contributed by atoms with van der Waals surface area (Å²) >= 11 is 0. The molecule has 2 heteroatoms. The molecule has 0 bridgehead atoms. The van der Waals surface area contributed by atoms with E-state index in [-0.39, 0.29) is 0 Å². The SMILES string of the molecule is CCCCCCCCCCCCC(CCCCCCCCCCCC)=C(C)C(=O)O. The third kappa shape index (κ3) is 19.2. The van der Waals surface area contributed by atoms with Crippen molar-refractivity contribution in [3.8, 4) is 0 Å². The van der Waals surface area contributed by atoms with Crippen molar-refractivity contribution in [2.24, 2.45) is 0 Å². The van der Waals surface area contributed by atoms with Gasteiger partial charge in [0.15, 0.2) is 0 Å². The summed E-state index contributed by atoms with van der Waals surface area (Å²) in [6.45, 7) is 6.35. The quantitative estimate of drug-likeness (QED) is 0.131. The van der Waals surface area contributed by atoms with Gasteiger partial charge in [-0.1, -0.05) is 135 Å². The van der Waals surface area contributed by atoms with E-state index in [2.05, 4.69) is 13.8 Å². The van der Waals surface area contributed by atoms with Crippen LogP contribution in [-0.4, -0.2) is 11.1 Å². The number of carboxylic acids is 1. The summed E-state index contributed by atoms with van der Waals surface area (Å²) in [5.74, 6) is -0.718. The summed E-state index contributed by atoms with van der Waals surface area (Å²) in [4.78, 5) is 11.4. The van der Waals surface area contributed by atoms with Gasteiger partial charge in [-0.05, 0) is 32.6 Å². The summed E-state index contributed by atoms with van der Waals surface area (Å²) in [5.41, 5.74) is 1.82. The molecule has 0 fully saturated rings. The van der Waals surface area contributed by atoms with E-state index in [0.717, 1.165) is 25.7 Å². The van der Waals surface area contributed by atoms with Crippen LogP contribution in [0.15, 0.2) is 11.1 Å². The van der Waals surface area contributed by atoms with Gasteiger partial charge >= 0.3 is 5.97 Å². The van der Waals surface area contributed by atoms with Crippen molar-refractivity contribution in [1.29, 1.82) is 0 Å². The summed E-state index contributed by atoms with van der Waals surface area (Å²) in [7, 11) is 0. The van der Waals surface area contributed by atoms with Crippen molar-refractivity contribution in [3.05, 3.63) is 11.1 Å². The standard InChI is InChI=1S/C28H54O2/c1-4-6-8-10-12-14-16-18-20-22-24-27(26(3)28(29)30)25-23-21-19-17-15-13-11-9-7-5-2/h4-25H2,1-3H3,(H,29,30). The molecule has 0 aliphatic carbocycles. The van der Waals surface area contributed by atoms with Gasteiger partial charge in [0.25, 0.3) is 0 Å². The van der Waals surface area contributed by atoms with Gasteiger partial charge in [0.05, 0.1) is 0 Å². The first-order chi connectivity index (χ1) is 14.6. The predicted molar refractivity (Wildman–Crippen MR) is 133 cm³/mol. The molecule has 0 unspecified atom stereocenters. The van der Waals surface area contributed by atoms with Crippen molar-refractivity contribution in [2.45, 2.75) is 162 Å². The van der Waals surface area contributed by atoms with Gasteiger partial charge < -0.3 is 5.11 Å². The molecule has 178 valence electrons. The molecular formula is C28H54O2. The van der Waals surface area contributed by atoms with Gasteiger partial charge in [0.2, 0.25) is 0 Å². The second-order valence-electron chi connectivity index (χ2n) is 9.40. The highest BCUT2D eigenvalue weighted by Gasteiger charge is 2.09. The molecule has 0 aliphatic rings. The first kappa shape index (κ1) is 29.2. The number of hydrogen-bond donors (Lipinski definition) is 1. The molecule has 0 aromatic heterocycles. The van der Waals surface area contributed by atoms with Crippen LogP contribution in [0.25, 0.3) is 0 Å². The second kappa shape index (κ2) is 22.9. The van der Waals surface area contributed by atoms with Crippen LogP contribution in [0, 0.1) is 0 Å². The third-order valence-electron chi connectivity index (χ3n) is 6.52. The molecule has 0 rings (SSSR count). The zero-order valence-corrected chi connectivity index (χ0v) is 20.9. The topological polar surface area (TPSA) is 37.3 Å². The Hall–Kier alpha value is -0.790. The second-order valence-corrected chi connectivity index (χ2v) is 9.40. The lowest BCUT2D eigenvalue weighted by Crippen LogP contribution is -2.02. The molecule has 0 spiro atoms. The van der Waals surface area contributed by atoms with Crippen LogP contribution in [0.2, 0.25) is 0 Å². The Bertz CT molecular complexity index is 385. The molecule has 0 aromatic carbocycles. The molecule has 0 heterocycles. The summed E-state index contributed by atoms with van der Waals surface area (Å²) in [5, 5.41) is 9.42. The first-order valence-corrected chi connectivity index (χ1v) is 13.5. The molecule has 0 amide bonds. The molecule has 0 atom stereocenters. The lowest BCUT2D eigenvalue weighted by atomic mass is 9.95. The number of carboxylic acid groups (broad SMARTS) is 1. The number of unbranched alkanes of at least 4 members (excludes halogenated alkanes) is 18. The normalized spacial score (nSPS) is 11.0. The number of hydrogen-bond acceptors (Lipinski definition) is 1. The fraction of sp³-hybridized carbons (Fsp3) is 0.893. The summed E-state index contributed by atoms with van der Waals surface area (Å²) < 4.78 is 0. The minimum absolute atomic E-state index is 0.613. The minimum Gasteiger partial charge on any atom is -0.478 e. The Morgan fingerprint density at radius 2 is 0.767 bits per heavy atom. The monoisotopic (exact) mass is 422 g/mol. The molecule has 0 saturated heterocycles. The van der Waals surface area contributed by atoms with E-state index < -0.39 is 5.97 Å². The predicted octanol–water partition coefficient (Wildman–Crippen LogP) is 10.0. The van der Waals surface area contributed by atoms with E-state index >= 15 is 0 Å². The van der Waals surface area contributed by atoms with E-state index in [1.165, 1.54) is 121 Å². The maximum atomic E-state index is 11.4. The van der Waals surface area contributed by atoms with Crippen LogP contribution in [0.3, 0.4) is 0 Å². The average molecular weight is 423 g/mol. The van der Waals surface area contributed by atoms with E-state index in [0.29, 0.717) is 5.57 Å². The van der Waals surface area contributed by atoms with Crippen molar-refractivity contribution in [3.63, 3.8) is 0 Å². The van der Waals surface area contributed by atoms with E-state index in [9.17, 15) is 9.90 Å². The van der Waals surface area contributed by atoms with Crippen LogP contribution in [0.5, 0.6) is 0 Å². The Morgan fingerprint density at radius 3 is 1.03 bits per heavy atom. The fourth-order valence-electron chi connectivity index (χ4n) is 4.30. The average Bonchev–Trinajstić information content (AvgIpc) is 2.74. The highest BCUT2D eigenvalue weighted by atomic mass is 16.4. The fourth-order valence-corrected chi connectivity index (χ4v) is 4.30. The Morgan fingerprint density at radius 1 is 0.500 bits per heavy atom. The van der Waals surface area contributed by atoms with Crippen LogP contribution >= 0.6 is 0 Å². The van der Waals surface area contributed by atoms with Crippen LogP contribution in [0.1, 0.15) is 162 Å². The highest BCUT2D eigenvalue weighted by Crippen LogP contribution is 2.22. The van der Waals surface area contributed by atoms with Crippen molar-refractivity contribution in [2.75, 3.05) is 0 Å². The lowest BCUT2D eigenvalue weighted by molar-refractivity contribution is -0.132. The molecule has 0 aromatic rings. The maximum absolute atomic E-state index is 11.4. The molecule has 0 radical (unpaired) electrons. The number of allylic oxidation sites excluding steroid dienone is 1. The van der Waals surface area contributed by atoms with Crippen LogP contribution in [-0.2, 0) is 4.79 Å². The Balaban J connectivity index is 3.81. The first-order valence-electron chi connectivity index (χ1n) is 13.5. The van der Waals surface area contributed by atoms with Crippen molar-refractivity contribution >= 4 is 5.97 Å². The lowest BCUT2D eigenvalue weighted by Gasteiger charge is -2.11. The maximum Gasteiger partial charge on any atom is 0.331 e. The van der Waals surface area contributed by atoms with Crippen LogP contribution < -0.4 is 0 Å². The molecule has 1 N–H and O–H groups in total. The molecule has 0 aliphatic heterocycles. The van der Waals surface area contributed by atoms with E-state index in [1.807, 2.05) is 6.92 Å². The smallest absolute Gasteiger partial charge is 0.331 e. The number of aliphatic carboxylic acids is 1. The van der Waals surface area contributed by atoms with E-state index in [1.54, 1.807) is 0 Å². The molecule has 30 heavy (non-hydrogen) atoms. The molecule has 0 saturated carbocycles. The van der Waals surface area contributed by atoms with Gasteiger partial charge in [-0.2, -0.15) is 0 Å².